The van der Waals surface area contributed by atoms with E-state index in [9.17, 15) is 9.59 Å². The SMILES string of the molecule is Cc1nc(SCC(=O)N2CCN(C(=O)c3cccs3)CC2)n(CC(C)C)c1C. The molecule has 1 saturated heterocycles. The Morgan fingerprint density at radius 1 is 1.18 bits per heavy atom. The minimum absolute atomic E-state index is 0.0677. The second-order valence-electron chi connectivity index (χ2n) is 7.51. The Morgan fingerprint density at radius 2 is 1.86 bits per heavy atom. The lowest BCUT2D eigenvalue weighted by Gasteiger charge is -2.34. The molecular weight excluding hydrogens is 392 g/mol. The number of piperazine rings is 1. The standard InChI is InChI=1S/C20H28N4O2S2/c1-14(2)12-24-16(4)15(3)21-20(24)28-13-18(25)22-7-9-23(10-8-22)19(26)17-6-5-11-27-17/h5-6,11,14H,7-10,12-13H2,1-4H3. The molecule has 0 radical (unpaired) electrons. The Morgan fingerprint density at radius 3 is 2.46 bits per heavy atom. The van der Waals surface area contributed by atoms with Crippen LogP contribution in [0.1, 0.15) is 34.9 Å². The van der Waals surface area contributed by atoms with E-state index < -0.39 is 0 Å². The highest BCUT2D eigenvalue weighted by Gasteiger charge is 2.25. The normalized spacial score (nSPS) is 14.8. The number of aryl methyl sites for hydroxylation is 1. The Labute approximate surface area is 174 Å². The third-order valence-electron chi connectivity index (χ3n) is 4.95. The van der Waals surface area contributed by atoms with Crippen molar-refractivity contribution in [1.82, 2.24) is 19.4 Å². The van der Waals surface area contributed by atoms with Crippen LogP contribution in [-0.2, 0) is 11.3 Å². The van der Waals surface area contributed by atoms with Crippen molar-refractivity contribution < 1.29 is 9.59 Å². The molecule has 1 aliphatic heterocycles. The number of aromatic nitrogens is 2. The van der Waals surface area contributed by atoms with E-state index in [4.69, 9.17) is 0 Å². The first kappa shape index (κ1) is 20.9. The zero-order chi connectivity index (χ0) is 20.3. The molecule has 0 bridgehead atoms. The Hall–Kier alpha value is -1.80. The van der Waals surface area contributed by atoms with Crippen LogP contribution in [0.25, 0.3) is 0 Å². The quantitative estimate of drug-likeness (QED) is 0.673. The summed E-state index contributed by atoms with van der Waals surface area (Å²) in [5, 5.41) is 2.83. The maximum atomic E-state index is 12.7. The van der Waals surface area contributed by atoms with Crippen LogP contribution >= 0.6 is 23.1 Å². The van der Waals surface area contributed by atoms with Gasteiger partial charge in [-0.25, -0.2) is 4.98 Å². The van der Waals surface area contributed by atoms with Crippen LogP contribution in [0.4, 0.5) is 0 Å². The highest BCUT2D eigenvalue weighted by Crippen LogP contribution is 2.23. The van der Waals surface area contributed by atoms with Gasteiger partial charge in [0.15, 0.2) is 5.16 Å². The lowest BCUT2D eigenvalue weighted by molar-refractivity contribution is -0.129. The zero-order valence-corrected chi connectivity index (χ0v) is 18.6. The van der Waals surface area contributed by atoms with Crippen LogP contribution in [0.2, 0.25) is 0 Å². The minimum Gasteiger partial charge on any atom is -0.338 e. The molecule has 6 nitrogen and oxygen atoms in total. The molecule has 0 aliphatic carbocycles. The minimum atomic E-state index is 0.0677. The molecule has 2 aromatic heterocycles. The number of hydrogen-bond acceptors (Lipinski definition) is 5. The molecule has 0 aromatic carbocycles. The molecule has 28 heavy (non-hydrogen) atoms. The highest BCUT2D eigenvalue weighted by molar-refractivity contribution is 7.99. The van der Waals surface area contributed by atoms with Gasteiger partial charge in [0.1, 0.15) is 0 Å². The topological polar surface area (TPSA) is 58.4 Å². The molecule has 3 heterocycles. The van der Waals surface area contributed by atoms with Crippen molar-refractivity contribution in [2.45, 2.75) is 39.4 Å². The van der Waals surface area contributed by atoms with Crippen LogP contribution in [0, 0.1) is 19.8 Å². The van der Waals surface area contributed by atoms with Crippen molar-refractivity contribution in [2.24, 2.45) is 5.92 Å². The van der Waals surface area contributed by atoms with Gasteiger partial charge in [-0.1, -0.05) is 31.7 Å². The Balaban J connectivity index is 1.53. The van der Waals surface area contributed by atoms with E-state index >= 15 is 0 Å². The molecular formula is C20H28N4O2S2. The van der Waals surface area contributed by atoms with Crippen LogP contribution in [0.5, 0.6) is 0 Å². The van der Waals surface area contributed by atoms with Crippen LogP contribution in [0.15, 0.2) is 22.7 Å². The van der Waals surface area contributed by atoms with E-state index in [1.54, 1.807) is 0 Å². The van der Waals surface area contributed by atoms with Gasteiger partial charge in [-0.3, -0.25) is 9.59 Å². The zero-order valence-electron chi connectivity index (χ0n) is 17.0. The molecule has 0 atom stereocenters. The van der Waals surface area contributed by atoms with E-state index in [-0.39, 0.29) is 11.8 Å². The molecule has 2 aromatic rings. The molecule has 1 fully saturated rings. The summed E-state index contributed by atoms with van der Waals surface area (Å²) in [6, 6.07) is 3.74. The Kier molecular flexibility index (Phi) is 6.82. The van der Waals surface area contributed by atoms with Crippen molar-refractivity contribution in [3.8, 4) is 0 Å². The fourth-order valence-electron chi connectivity index (χ4n) is 3.25. The van der Waals surface area contributed by atoms with Crippen molar-refractivity contribution in [3.63, 3.8) is 0 Å². The van der Waals surface area contributed by atoms with Crippen LogP contribution in [-0.4, -0.2) is 63.1 Å². The van der Waals surface area contributed by atoms with Gasteiger partial charge >= 0.3 is 0 Å². The lowest BCUT2D eigenvalue weighted by Crippen LogP contribution is -2.51. The monoisotopic (exact) mass is 420 g/mol. The van der Waals surface area contributed by atoms with Gasteiger partial charge < -0.3 is 14.4 Å². The predicted octanol–water partition coefficient (Wildman–Crippen LogP) is 3.29. The summed E-state index contributed by atoms with van der Waals surface area (Å²) in [6.07, 6.45) is 0. The predicted molar refractivity (Wildman–Crippen MR) is 114 cm³/mol. The van der Waals surface area contributed by atoms with Gasteiger partial charge in [0.25, 0.3) is 5.91 Å². The molecule has 0 unspecified atom stereocenters. The van der Waals surface area contributed by atoms with Gasteiger partial charge in [0.2, 0.25) is 5.91 Å². The van der Waals surface area contributed by atoms with Gasteiger partial charge in [-0.05, 0) is 31.2 Å². The van der Waals surface area contributed by atoms with Gasteiger partial charge in [0, 0.05) is 38.4 Å². The molecule has 8 heteroatoms. The van der Waals surface area contributed by atoms with Crippen molar-refractivity contribution in [2.75, 3.05) is 31.9 Å². The van der Waals surface area contributed by atoms with E-state index in [0.717, 1.165) is 22.3 Å². The second kappa shape index (κ2) is 9.13. The largest absolute Gasteiger partial charge is 0.338 e. The van der Waals surface area contributed by atoms with Crippen LogP contribution < -0.4 is 0 Å². The summed E-state index contributed by atoms with van der Waals surface area (Å²) < 4.78 is 2.22. The third-order valence-corrected chi connectivity index (χ3v) is 6.77. The number of carbonyl (C=O) groups is 2. The molecule has 0 N–H and O–H groups in total. The number of amides is 2. The lowest BCUT2D eigenvalue weighted by atomic mass is 10.2. The van der Waals surface area contributed by atoms with Crippen molar-refractivity contribution >= 4 is 34.9 Å². The number of imidazole rings is 1. The highest BCUT2D eigenvalue weighted by atomic mass is 32.2. The smallest absolute Gasteiger partial charge is 0.264 e. The second-order valence-corrected chi connectivity index (χ2v) is 9.40. The van der Waals surface area contributed by atoms with E-state index in [0.29, 0.717) is 37.8 Å². The number of rotatable bonds is 6. The third kappa shape index (κ3) is 4.78. The van der Waals surface area contributed by atoms with Gasteiger partial charge in [0.05, 0.1) is 16.3 Å². The number of thioether (sulfide) groups is 1. The molecule has 2 amide bonds. The molecule has 152 valence electrons. The summed E-state index contributed by atoms with van der Waals surface area (Å²) in [5.74, 6) is 1.09. The van der Waals surface area contributed by atoms with E-state index in [2.05, 4.69) is 30.3 Å². The fourth-order valence-corrected chi connectivity index (χ4v) is 4.94. The van der Waals surface area contributed by atoms with Gasteiger partial charge in [-0.2, -0.15) is 0 Å². The number of thiophene rings is 1. The van der Waals surface area contributed by atoms with Gasteiger partial charge in [-0.15, -0.1) is 11.3 Å². The maximum Gasteiger partial charge on any atom is 0.264 e. The first-order valence-electron chi connectivity index (χ1n) is 9.64. The average Bonchev–Trinajstić information content (AvgIpc) is 3.30. The van der Waals surface area contributed by atoms with Crippen molar-refractivity contribution in [3.05, 3.63) is 33.8 Å². The summed E-state index contributed by atoms with van der Waals surface area (Å²) in [4.78, 5) is 34.2. The van der Waals surface area contributed by atoms with Crippen LogP contribution in [0.3, 0.4) is 0 Å². The summed E-state index contributed by atoms with van der Waals surface area (Å²) in [5.41, 5.74) is 2.20. The summed E-state index contributed by atoms with van der Waals surface area (Å²) in [6.45, 7) is 11.7. The number of hydrogen-bond donors (Lipinski definition) is 0. The Bertz CT molecular complexity index is 822. The van der Waals surface area contributed by atoms with E-state index in [1.807, 2.05) is 34.2 Å². The number of nitrogens with zero attached hydrogens (tertiary/aromatic N) is 4. The molecule has 0 saturated carbocycles. The average molecular weight is 421 g/mol. The van der Waals surface area contributed by atoms with E-state index in [1.165, 1.54) is 28.8 Å². The molecule has 0 spiro atoms. The summed E-state index contributed by atoms with van der Waals surface area (Å²) in [7, 11) is 0. The fraction of sp³-hybridized carbons (Fsp3) is 0.550. The molecule has 1 aliphatic rings. The first-order chi connectivity index (χ1) is 13.4. The van der Waals surface area contributed by atoms with Crippen molar-refractivity contribution in [1.29, 1.82) is 0 Å². The first-order valence-corrected chi connectivity index (χ1v) is 11.5. The molecule has 3 rings (SSSR count). The summed E-state index contributed by atoms with van der Waals surface area (Å²) >= 11 is 2.97. The number of carbonyl (C=O) groups excluding carboxylic acids is 2. The maximum absolute atomic E-state index is 12.7.